The van der Waals surface area contributed by atoms with E-state index in [1.54, 1.807) is 0 Å². The summed E-state index contributed by atoms with van der Waals surface area (Å²) in [5.41, 5.74) is 1.01. The van der Waals surface area contributed by atoms with Crippen molar-refractivity contribution in [1.82, 2.24) is 15.1 Å². The van der Waals surface area contributed by atoms with Crippen LogP contribution >= 0.6 is 11.6 Å². The van der Waals surface area contributed by atoms with Crippen molar-refractivity contribution in [3.8, 4) is 0 Å². The number of nitrogens with zero attached hydrogens (tertiary/aromatic N) is 3. The van der Waals surface area contributed by atoms with Crippen LogP contribution in [0.4, 0.5) is 0 Å². The zero-order chi connectivity index (χ0) is 18.4. The van der Waals surface area contributed by atoms with Gasteiger partial charge in [0, 0.05) is 44.4 Å². The number of ether oxygens (including phenoxy) is 1. The lowest BCUT2D eigenvalue weighted by molar-refractivity contribution is -0.142. The van der Waals surface area contributed by atoms with Gasteiger partial charge in [-0.3, -0.25) is 4.79 Å². The minimum atomic E-state index is -0.233. The zero-order valence-corrected chi connectivity index (χ0v) is 16.0. The molecule has 0 aliphatic carbocycles. The molecule has 1 atom stereocenters. The number of hydrogen-bond donors (Lipinski definition) is 1. The van der Waals surface area contributed by atoms with Gasteiger partial charge in [0.1, 0.15) is 6.10 Å². The van der Waals surface area contributed by atoms with E-state index in [0.29, 0.717) is 26.2 Å². The third kappa shape index (κ3) is 4.68. The average molecular weight is 379 g/mol. The van der Waals surface area contributed by atoms with Crippen LogP contribution in [0.5, 0.6) is 0 Å². The fraction of sp³-hybridized carbons (Fsp3) is 0.579. The first-order valence-electron chi connectivity index (χ1n) is 9.36. The number of piperazine rings is 1. The van der Waals surface area contributed by atoms with Crippen molar-refractivity contribution in [2.75, 3.05) is 39.3 Å². The minimum Gasteiger partial charge on any atom is -0.368 e. The van der Waals surface area contributed by atoms with E-state index in [1.165, 1.54) is 0 Å². The first kappa shape index (κ1) is 19.0. The van der Waals surface area contributed by atoms with Crippen molar-refractivity contribution >= 4 is 23.5 Å². The largest absolute Gasteiger partial charge is 0.368 e. The Morgan fingerprint density at radius 1 is 1.27 bits per heavy atom. The highest BCUT2D eigenvalue weighted by molar-refractivity contribution is 6.31. The molecule has 1 unspecified atom stereocenters. The highest BCUT2D eigenvalue weighted by atomic mass is 35.5. The van der Waals surface area contributed by atoms with Crippen molar-refractivity contribution in [2.24, 2.45) is 4.99 Å². The number of hydrogen-bond acceptors (Lipinski definition) is 3. The number of aliphatic imine (C=N–C) groups is 1. The van der Waals surface area contributed by atoms with Gasteiger partial charge in [0.05, 0.1) is 6.54 Å². The Labute approximate surface area is 160 Å². The van der Waals surface area contributed by atoms with E-state index in [9.17, 15) is 4.79 Å². The van der Waals surface area contributed by atoms with Crippen LogP contribution in [0.25, 0.3) is 0 Å². The number of carbonyl (C=O) groups excluding carboxylic acids is 1. The molecule has 26 heavy (non-hydrogen) atoms. The number of carbonyl (C=O) groups is 1. The second kappa shape index (κ2) is 9.24. The van der Waals surface area contributed by atoms with Crippen molar-refractivity contribution in [3.63, 3.8) is 0 Å². The lowest BCUT2D eigenvalue weighted by Gasteiger charge is -2.37. The highest BCUT2D eigenvalue weighted by Gasteiger charge is 2.30. The monoisotopic (exact) mass is 378 g/mol. The Morgan fingerprint density at radius 3 is 2.65 bits per heavy atom. The molecule has 7 heteroatoms. The normalized spacial score (nSPS) is 21.2. The van der Waals surface area contributed by atoms with Gasteiger partial charge in [0.2, 0.25) is 0 Å². The molecule has 2 fully saturated rings. The van der Waals surface area contributed by atoms with Gasteiger partial charge in [-0.2, -0.15) is 0 Å². The summed E-state index contributed by atoms with van der Waals surface area (Å²) in [6.45, 7) is 7.05. The summed E-state index contributed by atoms with van der Waals surface area (Å²) >= 11 is 6.23. The fourth-order valence-corrected chi connectivity index (χ4v) is 3.52. The molecule has 1 amide bonds. The molecule has 0 bridgehead atoms. The second-order valence-corrected chi connectivity index (χ2v) is 6.98. The summed E-state index contributed by atoms with van der Waals surface area (Å²) in [5, 5.41) is 4.08. The molecule has 142 valence electrons. The van der Waals surface area contributed by atoms with Gasteiger partial charge in [-0.05, 0) is 31.4 Å². The first-order chi connectivity index (χ1) is 12.7. The van der Waals surface area contributed by atoms with Crippen LogP contribution in [0, 0.1) is 0 Å². The predicted octanol–water partition coefficient (Wildman–Crippen LogP) is 2.13. The number of amides is 1. The topological polar surface area (TPSA) is 57.2 Å². The maximum absolute atomic E-state index is 12.5. The summed E-state index contributed by atoms with van der Waals surface area (Å²) in [4.78, 5) is 21.3. The summed E-state index contributed by atoms with van der Waals surface area (Å²) < 4.78 is 5.53. The van der Waals surface area contributed by atoms with Gasteiger partial charge >= 0.3 is 0 Å². The number of rotatable bonds is 4. The molecule has 2 saturated heterocycles. The third-order valence-corrected chi connectivity index (χ3v) is 5.16. The van der Waals surface area contributed by atoms with E-state index in [1.807, 2.05) is 29.2 Å². The number of benzene rings is 1. The Balaban J connectivity index is 1.58. The molecule has 1 aromatic carbocycles. The second-order valence-electron chi connectivity index (χ2n) is 6.58. The van der Waals surface area contributed by atoms with Crippen LogP contribution in [0.1, 0.15) is 25.3 Å². The standard InChI is InChI=1S/C19H27ClN4O2/c1-2-21-19(22-14-15-6-3-4-7-16(15)20)24-11-9-23(10-12-24)18(25)17-8-5-13-26-17/h3-4,6-7,17H,2,5,8-14H2,1H3,(H,21,22). The molecule has 2 aliphatic rings. The molecule has 0 aromatic heterocycles. The molecule has 1 aromatic rings. The van der Waals surface area contributed by atoms with E-state index >= 15 is 0 Å². The van der Waals surface area contributed by atoms with Crippen LogP contribution in [0.3, 0.4) is 0 Å². The summed E-state index contributed by atoms with van der Waals surface area (Å²) in [7, 11) is 0. The van der Waals surface area contributed by atoms with Crippen molar-refractivity contribution in [1.29, 1.82) is 0 Å². The van der Waals surface area contributed by atoms with E-state index < -0.39 is 0 Å². The maximum atomic E-state index is 12.5. The Bertz CT molecular complexity index is 638. The Hall–Kier alpha value is -1.79. The Morgan fingerprint density at radius 2 is 2.00 bits per heavy atom. The Kier molecular flexibility index (Phi) is 6.74. The smallest absolute Gasteiger partial charge is 0.251 e. The van der Waals surface area contributed by atoms with Crippen LogP contribution in [-0.2, 0) is 16.1 Å². The SMILES string of the molecule is CCNC(=NCc1ccccc1Cl)N1CCN(C(=O)C2CCCO2)CC1. The lowest BCUT2D eigenvalue weighted by Crippen LogP contribution is -2.55. The van der Waals surface area contributed by atoms with Gasteiger partial charge in [-0.1, -0.05) is 29.8 Å². The first-order valence-corrected chi connectivity index (χ1v) is 9.74. The number of guanidine groups is 1. The zero-order valence-electron chi connectivity index (χ0n) is 15.3. The van der Waals surface area contributed by atoms with Gasteiger partial charge in [-0.25, -0.2) is 4.99 Å². The quantitative estimate of drug-likeness (QED) is 0.644. The minimum absolute atomic E-state index is 0.139. The molecular weight excluding hydrogens is 352 g/mol. The molecule has 0 saturated carbocycles. The van der Waals surface area contributed by atoms with Crippen LogP contribution in [0.15, 0.2) is 29.3 Å². The highest BCUT2D eigenvalue weighted by Crippen LogP contribution is 2.17. The van der Waals surface area contributed by atoms with Crippen molar-refractivity contribution in [3.05, 3.63) is 34.9 Å². The van der Waals surface area contributed by atoms with Gasteiger partial charge in [-0.15, -0.1) is 0 Å². The third-order valence-electron chi connectivity index (χ3n) is 4.79. The molecule has 3 rings (SSSR count). The van der Waals surface area contributed by atoms with E-state index in [0.717, 1.165) is 49.0 Å². The summed E-state index contributed by atoms with van der Waals surface area (Å²) in [6.07, 6.45) is 1.60. The van der Waals surface area contributed by atoms with Crippen LogP contribution < -0.4 is 5.32 Å². The van der Waals surface area contributed by atoms with Gasteiger partial charge in [0.15, 0.2) is 5.96 Å². The molecular formula is C19H27ClN4O2. The maximum Gasteiger partial charge on any atom is 0.251 e. The fourth-order valence-electron chi connectivity index (χ4n) is 3.33. The molecule has 2 heterocycles. The summed E-state index contributed by atoms with van der Waals surface area (Å²) in [6, 6.07) is 7.77. The van der Waals surface area contributed by atoms with Gasteiger partial charge in [0.25, 0.3) is 5.91 Å². The van der Waals surface area contributed by atoms with Gasteiger partial charge < -0.3 is 19.9 Å². The number of halogens is 1. The van der Waals surface area contributed by atoms with Crippen molar-refractivity contribution in [2.45, 2.75) is 32.4 Å². The lowest BCUT2D eigenvalue weighted by atomic mass is 10.2. The molecule has 6 nitrogen and oxygen atoms in total. The van der Waals surface area contributed by atoms with Crippen LogP contribution in [-0.4, -0.2) is 67.1 Å². The molecule has 0 spiro atoms. The van der Waals surface area contributed by atoms with Crippen LogP contribution in [0.2, 0.25) is 5.02 Å². The summed E-state index contributed by atoms with van der Waals surface area (Å²) in [5.74, 6) is 1.01. The van der Waals surface area contributed by atoms with E-state index in [2.05, 4.69) is 17.1 Å². The molecule has 1 N–H and O–H groups in total. The molecule has 0 radical (unpaired) electrons. The molecule has 2 aliphatic heterocycles. The van der Waals surface area contributed by atoms with Crippen molar-refractivity contribution < 1.29 is 9.53 Å². The average Bonchev–Trinajstić information content (AvgIpc) is 3.21. The predicted molar refractivity (Wildman–Crippen MR) is 103 cm³/mol. The van der Waals surface area contributed by atoms with E-state index in [4.69, 9.17) is 21.3 Å². The number of nitrogens with one attached hydrogen (secondary N) is 1. The van der Waals surface area contributed by atoms with E-state index in [-0.39, 0.29) is 12.0 Å².